The highest BCUT2D eigenvalue weighted by Gasteiger charge is 2.24. The molecule has 0 radical (unpaired) electrons. The number of nitrogens with one attached hydrogen (secondary N) is 1. The Morgan fingerprint density at radius 1 is 1.27 bits per heavy atom. The van der Waals surface area contributed by atoms with Crippen molar-refractivity contribution in [3.8, 4) is 11.5 Å². The molecule has 0 aliphatic carbocycles. The van der Waals surface area contributed by atoms with Gasteiger partial charge in [0.25, 0.3) is 5.91 Å². The average Bonchev–Trinajstić information content (AvgIpc) is 2.70. The van der Waals surface area contributed by atoms with E-state index in [1.807, 2.05) is 23.1 Å². The standard InChI is InChI=1S/C20H23N3O3/c1-4-8-21-16-5-6-17(22-12-16)20(24)23-9-7-14-10-18(25-2)19(26-3)11-15(14)13-23/h4-6,10-12,21H,1,7-9,13H2,2-3H3. The first-order valence-corrected chi connectivity index (χ1v) is 8.50. The second-order valence-electron chi connectivity index (χ2n) is 6.05. The molecular formula is C20H23N3O3. The number of hydrogen-bond acceptors (Lipinski definition) is 5. The summed E-state index contributed by atoms with van der Waals surface area (Å²) >= 11 is 0. The van der Waals surface area contributed by atoms with E-state index >= 15 is 0 Å². The summed E-state index contributed by atoms with van der Waals surface area (Å²) in [5.74, 6) is 1.33. The lowest BCUT2D eigenvalue weighted by atomic mass is 9.98. The van der Waals surface area contributed by atoms with E-state index in [2.05, 4.69) is 16.9 Å². The van der Waals surface area contributed by atoms with Crippen molar-refractivity contribution in [3.05, 3.63) is 59.9 Å². The zero-order valence-corrected chi connectivity index (χ0v) is 15.1. The number of pyridine rings is 1. The van der Waals surface area contributed by atoms with E-state index in [0.717, 1.165) is 23.4 Å². The molecule has 0 atom stereocenters. The van der Waals surface area contributed by atoms with E-state index in [4.69, 9.17) is 9.47 Å². The highest BCUT2D eigenvalue weighted by molar-refractivity contribution is 5.92. The number of rotatable bonds is 6. The molecule has 1 aliphatic heterocycles. The molecule has 2 heterocycles. The number of aromatic nitrogens is 1. The van der Waals surface area contributed by atoms with E-state index in [9.17, 15) is 4.79 Å². The van der Waals surface area contributed by atoms with Crippen LogP contribution in [0.4, 0.5) is 5.69 Å². The Hall–Kier alpha value is -3.02. The summed E-state index contributed by atoms with van der Waals surface area (Å²) in [6, 6.07) is 7.55. The molecule has 6 nitrogen and oxygen atoms in total. The van der Waals surface area contributed by atoms with E-state index in [0.29, 0.717) is 31.1 Å². The van der Waals surface area contributed by atoms with Gasteiger partial charge in [-0.25, -0.2) is 4.98 Å². The minimum Gasteiger partial charge on any atom is -0.493 e. The van der Waals surface area contributed by atoms with Gasteiger partial charge in [0.15, 0.2) is 11.5 Å². The van der Waals surface area contributed by atoms with Crippen LogP contribution in [-0.4, -0.2) is 43.1 Å². The van der Waals surface area contributed by atoms with Crippen LogP contribution in [0, 0.1) is 0 Å². The minimum absolute atomic E-state index is 0.0688. The fourth-order valence-corrected chi connectivity index (χ4v) is 3.03. The molecule has 26 heavy (non-hydrogen) atoms. The second kappa shape index (κ2) is 7.91. The summed E-state index contributed by atoms with van der Waals surface area (Å²) in [6.07, 6.45) is 4.22. The Kier molecular flexibility index (Phi) is 5.41. The average molecular weight is 353 g/mol. The molecule has 6 heteroatoms. The summed E-state index contributed by atoms with van der Waals surface area (Å²) in [6.45, 7) is 5.51. The number of hydrogen-bond donors (Lipinski definition) is 1. The molecule has 136 valence electrons. The highest BCUT2D eigenvalue weighted by Crippen LogP contribution is 2.33. The molecule has 1 aromatic carbocycles. The van der Waals surface area contributed by atoms with E-state index < -0.39 is 0 Å². The van der Waals surface area contributed by atoms with Gasteiger partial charge in [-0.15, -0.1) is 6.58 Å². The first-order valence-electron chi connectivity index (χ1n) is 8.50. The van der Waals surface area contributed by atoms with Crippen molar-refractivity contribution < 1.29 is 14.3 Å². The first kappa shape index (κ1) is 17.8. The van der Waals surface area contributed by atoms with Crippen LogP contribution in [0.5, 0.6) is 11.5 Å². The molecule has 0 unspecified atom stereocenters. The third-order valence-corrected chi connectivity index (χ3v) is 4.44. The molecule has 0 saturated heterocycles. The van der Waals surface area contributed by atoms with Gasteiger partial charge in [-0.05, 0) is 41.8 Å². The molecule has 3 rings (SSSR count). The second-order valence-corrected chi connectivity index (χ2v) is 6.05. The maximum absolute atomic E-state index is 12.8. The number of nitrogens with zero attached hydrogens (tertiary/aromatic N) is 2. The van der Waals surface area contributed by atoms with E-state index in [-0.39, 0.29) is 5.91 Å². The van der Waals surface area contributed by atoms with Crippen LogP contribution in [0.1, 0.15) is 21.6 Å². The number of carbonyl (C=O) groups excluding carboxylic acids is 1. The van der Waals surface area contributed by atoms with Crippen LogP contribution in [-0.2, 0) is 13.0 Å². The van der Waals surface area contributed by atoms with Gasteiger partial charge >= 0.3 is 0 Å². The van der Waals surface area contributed by atoms with Gasteiger partial charge in [0.1, 0.15) is 5.69 Å². The monoisotopic (exact) mass is 353 g/mol. The summed E-state index contributed by atoms with van der Waals surface area (Å²) in [5.41, 5.74) is 3.57. The van der Waals surface area contributed by atoms with Crippen LogP contribution in [0.15, 0.2) is 43.1 Å². The van der Waals surface area contributed by atoms with Gasteiger partial charge in [0.2, 0.25) is 0 Å². The minimum atomic E-state index is -0.0688. The quantitative estimate of drug-likeness (QED) is 0.809. The fourth-order valence-electron chi connectivity index (χ4n) is 3.03. The Morgan fingerprint density at radius 3 is 2.62 bits per heavy atom. The Balaban J connectivity index is 1.75. The Morgan fingerprint density at radius 2 is 2.00 bits per heavy atom. The number of carbonyl (C=O) groups is 1. The van der Waals surface area contributed by atoms with Crippen molar-refractivity contribution in [1.29, 1.82) is 0 Å². The molecule has 0 fully saturated rings. The Labute approximate surface area is 153 Å². The van der Waals surface area contributed by atoms with Crippen LogP contribution in [0.2, 0.25) is 0 Å². The number of anilines is 1. The molecule has 0 spiro atoms. The molecule has 1 N–H and O–H groups in total. The lowest BCUT2D eigenvalue weighted by Gasteiger charge is -2.29. The first-order chi connectivity index (χ1) is 12.7. The van der Waals surface area contributed by atoms with E-state index in [1.165, 1.54) is 5.56 Å². The lowest BCUT2D eigenvalue weighted by molar-refractivity contribution is 0.0728. The zero-order valence-electron chi connectivity index (χ0n) is 15.1. The fraction of sp³-hybridized carbons (Fsp3) is 0.300. The molecular weight excluding hydrogens is 330 g/mol. The smallest absolute Gasteiger partial charge is 0.272 e. The number of methoxy groups -OCH3 is 2. The Bertz CT molecular complexity index is 803. The summed E-state index contributed by atoms with van der Waals surface area (Å²) in [7, 11) is 3.24. The van der Waals surface area contributed by atoms with Gasteiger partial charge in [-0.1, -0.05) is 6.08 Å². The molecule has 2 aromatic rings. The van der Waals surface area contributed by atoms with Crippen molar-refractivity contribution in [2.75, 3.05) is 32.6 Å². The van der Waals surface area contributed by atoms with Gasteiger partial charge in [-0.3, -0.25) is 4.79 Å². The third-order valence-electron chi connectivity index (χ3n) is 4.44. The summed E-state index contributed by atoms with van der Waals surface area (Å²) in [5, 5.41) is 3.15. The van der Waals surface area contributed by atoms with Crippen molar-refractivity contribution in [2.45, 2.75) is 13.0 Å². The molecule has 0 bridgehead atoms. The van der Waals surface area contributed by atoms with Gasteiger partial charge < -0.3 is 19.7 Å². The van der Waals surface area contributed by atoms with Gasteiger partial charge in [-0.2, -0.15) is 0 Å². The number of fused-ring (bicyclic) bond motifs is 1. The normalized spacial score (nSPS) is 12.9. The predicted molar refractivity (Wildman–Crippen MR) is 101 cm³/mol. The highest BCUT2D eigenvalue weighted by atomic mass is 16.5. The molecule has 1 aliphatic rings. The van der Waals surface area contributed by atoms with Crippen LogP contribution >= 0.6 is 0 Å². The van der Waals surface area contributed by atoms with Crippen LogP contribution in [0.25, 0.3) is 0 Å². The van der Waals surface area contributed by atoms with Gasteiger partial charge in [0, 0.05) is 19.6 Å². The van der Waals surface area contributed by atoms with Crippen LogP contribution < -0.4 is 14.8 Å². The number of ether oxygens (including phenoxy) is 2. The third kappa shape index (κ3) is 3.64. The van der Waals surface area contributed by atoms with Crippen molar-refractivity contribution >= 4 is 11.6 Å². The lowest BCUT2D eigenvalue weighted by Crippen LogP contribution is -2.36. The van der Waals surface area contributed by atoms with Crippen molar-refractivity contribution in [3.63, 3.8) is 0 Å². The number of amides is 1. The van der Waals surface area contributed by atoms with Gasteiger partial charge in [0.05, 0.1) is 26.1 Å². The summed E-state index contributed by atoms with van der Waals surface area (Å²) < 4.78 is 10.7. The van der Waals surface area contributed by atoms with Crippen LogP contribution in [0.3, 0.4) is 0 Å². The van der Waals surface area contributed by atoms with Crippen molar-refractivity contribution in [2.24, 2.45) is 0 Å². The summed E-state index contributed by atoms with van der Waals surface area (Å²) in [4.78, 5) is 18.9. The maximum atomic E-state index is 12.8. The SMILES string of the molecule is C=CCNc1ccc(C(=O)N2CCc3cc(OC)c(OC)cc3C2)nc1. The largest absolute Gasteiger partial charge is 0.493 e. The van der Waals surface area contributed by atoms with Crippen molar-refractivity contribution in [1.82, 2.24) is 9.88 Å². The predicted octanol–water partition coefficient (Wildman–Crippen LogP) is 2.90. The van der Waals surface area contributed by atoms with E-state index in [1.54, 1.807) is 32.6 Å². The number of benzene rings is 1. The molecule has 1 amide bonds. The maximum Gasteiger partial charge on any atom is 0.272 e. The topological polar surface area (TPSA) is 63.7 Å². The molecule has 1 aromatic heterocycles. The molecule has 0 saturated carbocycles. The zero-order chi connectivity index (χ0) is 18.5.